The van der Waals surface area contributed by atoms with Gasteiger partial charge in [0.1, 0.15) is 0 Å². The van der Waals surface area contributed by atoms with Crippen LogP contribution in [0.5, 0.6) is 0 Å². The number of aromatic nitrogens is 1. The van der Waals surface area contributed by atoms with Crippen LogP contribution in [0.2, 0.25) is 0 Å². The average Bonchev–Trinajstić information content (AvgIpc) is 2.55. The standard InChI is InChI=1S/C18H15N3O.ClH/c19-17-16(14-9-5-2-6-10-14)15(11-12-21(17)18(20)22)13-7-3-1-4-8-13;/h1-12,19H,(H2,20,22);1H. The van der Waals surface area contributed by atoms with Crippen molar-refractivity contribution in [2.75, 3.05) is 5.73 Å². The maximum absolute atomic E-state index is 11.6. The van der Waals surface area contributed by atoms with Crippen LogP contribution < -0.4 is 28.4 Å². The van der Waals surface area contributed by atoms with Gasteiger partial charge in [0.05, 0.1) is 11.8 Å². The summed E-state index contributed by atoms with van der Waals surface area (Å²) in [7, 11) is 0. The summed E-state index contributed by atoms with van der Waals surface area (Å²) < 4.78 is 1.26. The van der Waals surface area contributed by atoms with Gasteiger partial charge in [0.25, 0.3) is 0 Å². The molecule has 0 aliphatic heterocycles. The lowest BCUT2D eigenvalue weighted by atomic mass is 9.95. The summed E-state index contributed by atoms with van der Waals surface area (Å²) in [6.07, 6.45) is 1.60. The molecule has 3 rings (SSSR count). The zero-order chi connectivity index (χ0) is 15.5. The van der Waals surface area contributed by atoms with Gasteiger partial charge >= 0.3 is 6.03 Å². The van der Waals surface area contributed by atoms with Crippen LogP contribution in [0.15, 0.2) is 72.9 Å². The predicted octanol–water partition coefficient (Wildman–Crippen LogP) is -0.179. The van der Waals surface area contributed by atoms with Gasteiger partial charge in [-0.1, -0.05) is 60.7 Å². The number of hydrogen-bond donors (Lipinski definition) is 2. The highest BCUT2D eigenvalue weighted by Gasteiger charge is 2.19. The van der Waals surface area contributed by atoms with Crippen LogP contribution in [0, 0.1) is 0 Å². The molecule has 0 saturated carbocycles. The Bertz CT molecular complexity index is 820. The molecule has 0 atom stereocenters. The molecule has 116 valence electrons. The van der Waals surface area contributed by atoms with E-state index in [9.17, 15) is 4.79 Å². The number of nitrogens with zero attached hydrogens (tertiary/aromatic N) is 1. The fourth-order valence-electron chi connectivity index (χ4n) is 2.53. The van der Waals surface area contributed by atoms with Crippen LogP contribution in [0.3, 0.4) is 0 Å². The highest BCUT2D eigenvalue weighted by molar-refractivity contribution is 5.89. The van der Waals surface area contributed by atoms with E-state index in [2.05, 4.69) is 0 Å². The molecule has 1 amide bonds. The number of pyridine rings is 1. The Balaban J connectivity index is 0.00000192. The van der Waals surface area contributed by atoms with E-state index in [0.717, 1.165) is 22.3 Å². The first kappa shape index (κ1) is 16.5. The van der Waals surface area contributed by atoms with Crippen LogP contribution in [0.1, 0.15) is 0 Å². The first-order valence-electron chi connectivity index (χ1n) is 6.93. The topological polar surface area (TPSA) is 73.0 Å². The zero-order valence-corrected chi connectivity index (χ0v) is 13.1. The minimum absolute atomic E-state index is 0. The van der Waals surface area contributed by atoms with Crippen LogP contribution >= 0.6 is 0 Å². The SMILES string of the molecule is NC(=O)[n+]1ccc(-c2ccccc2)c(-c2ccccc2)c1N.[Cl-]. The van der Waals surface area contributed by atoms with E-state index in [-0.39, 0.29) is 12.4 Å². The molecular weight excluding hydrogens is 310 g/mol. The number of anilines is 1. The van der Waals surface area contributed by atoms with Crippen molar-refractivity contribution >= 4 is 11.8 Å². The van der Waals surface area contributed by atoms with E-state index in [1.165, 1.54) is 4.57 Å². The third-order valence-electron chi connectivity index (χ3n) is 3.56. The molecule has 5 heteroatoms. The van der Waals surface area contributed by atoms with Gasteiger partial charge in [0.15, 0.2) is 0 Å². The predicted molar refractivity (Wildman–Crippen MR) is 86.9 cm³/mol. The van der Waals surface area contributed by atoms with E-state index in [0.29, 0.717) is 5.82 Å². The summed E-state index contributed by atoms with van der Waals surface area (Å²) in [5.74, 6) is 0.333. The monoisotopic (exact) mass is 325 g/mol. The molecule has 1 heterocycles. The van der Waals surface area contributed by atoms with Gasteiger partial charge < -0.3 is 18.1 Å². The Labute approximate surface area is 140 Å². The minimum atomic E-state index is -0.603. The molecule has 0 aliphatic carbocycles. The van der Waals surface area contributed by atoms with Crippen LogP contribution in [0.25, 0.3) is 22.3 Å². The molecule has 1 aromatic heterocycles. The maximum atomic E-state index is 11.6. The van der Waals surface area contributed by atoms with Crippen molar-refractivity contribution in [2.45, 2.75) is 0 Å². The lowest BCUT2D eigenvalue weighted by Gasteiger charge is -2.13. The number of hydrogen-bond acceptors (Lipinski definition) is 2. The third-order valence-corrected chi connectivity index (χ3v) is 3.56. The zero-order valence-electron chi connectivity index (χ0n) is 12.3. The second-order valence-electron chi connectivity index (χ2n) is 4.93. The molecule has 3 aromatic rings. The molecular formula is C18H16ClN3O. The van der Waals surface area contributed by atoms with Crippen LogP contribution in [-0.4, -0.2) is 6.03 Å². The highest BCUT2D eigenvalue weighted by Crippen LogP contribution is 2.34. The first-order valence-corrected chi connectivity index (χ1v) is 6.93. The van der Waals surface area contributed by atoms with E-state index in [4.69, 9.17) is 11.5 Å². The van der Waals surface area contributed by atoms with E-state index < -0.39 is 6.03 Å². The molecule has 0 aliphatic rings. The van der Waals surface area contributed by atoms with Crippen molar-refractivity contribution in [3.05, 3.63) is 72.9 Å². The number of rotatable bonds is 2. The van der Waals surface area contributed by atoms with E-state index >= 15 is 0 Å². The molecule has 0 radical (unpaired) electrons. The van der Waals surface area contributed by atoms with E-state index in [1.807, 2.05) is 66.7 Å². The number of carbonyl (C=O) groups excluding carboxylic acids is 1. The van der Waals surface area contributed by atoms with Crippen molar-refractivity contribution in [1.29, 1.82) is 0 Å². The number of nitrogen functional groups attached to an aromatic ring is 1. The molecule has 4 N–H and O–H groups in total. The maximum Gasteiger partial charge on any atom is 0.438 e. The number of halogens is 1. The van der Waals surface area contributed by atoms with Crippen molar-refractivity contribution < 1.29 is 21.8 Å². The molecule has 0 fully saturated rings. The molecule has 2 aromatic carbocycles. The van der Waals surface area contributed by atoms with Crippen molar-refractivity contribution in [3.63, 3.8) is 0 Å². The summed E-state index contributed by atoms with van der Waals surface area (Å²) in [6, 6.07) is 20.9. The molecule has 0 bridgehead atoms. The smallest absolute Gasteiger partial charge is 0.438 e. The summed E-state index contributed by atoms with van der Waals surface area (Å²) >= 11 is 0. The van der Waals surface area contributed by atoms with Crippen molar-refractivity contribution in [2.24, 2.45) is 5.73 Å². The third kappa shape index (κ3) is 3.17. The van der Waals surface area contributed by atoms with E-state index in [1.54, 1.807) is 6.20 Å². The Morgan fingerprint density at radius 3 is 1.87 bits per heavy atom. The van der Waals surface area contributed by atoms with Crippen LogP contribution in [-0.2, 0) is 0 Å². The number of benzene rings is 2. The Morgan fingerprint density at radius 2 is 1.35 bits per heavy atom. The number of primary amides is 1. The number of amides is 1. The Hall–Kier alpha value is -2.85. The van der Waals surface area contributed by atoms with Gasteiger partial charge in [0.2, 0.25) is 5.82 Å². The van der Waals surface area contributed by atoms with Gasteiger partial charge in [0, 0.05) is 0 Å². The van der Waals surface area contributed by atoms with Crippen LogP contribution in [0.4, 0.5) is 10.6 Å². The molecule has 0 unspecified atom stereocenters. The number of carbonyl (C=O) groups is 1. The van der Waals surface area contributed by atoms with Gasteiger partial charge in [-0.2, -0.15) is 4.57 Å². The first-order chi connectivity index (χ1) is 10.7. The highest BCUT2D eigenvalue weighted by atomic mass is 35.5. The molecule has 4 nitrogen and oxygen atoms in total. The van der Waals surface area contributed by atoms with Gasteiger partial charge in [-0.05, 0) is 22.8 Å². The Morgan fingerprint density at radius 1 is 0.826 bits per heavy atom. The average molecular weight is 326 g/mol. The van der Waals surface area contributed by atoms with Gasteiger partial charge in [-0.3, -0.25) is 5.73 Å². The summed E-state index contributed by atoms with van der Waals surface area (Å²) in [4.78, 5) is 11.6. The van der Waals surface area contributed by atoms with Gasteiger partial charge in [-0.15, -0.1) is 0 Å². The number of nitrogens with two attached hydrogens (primary N) is 2. The fraction of sp³-hybridized carbons (Fsp3) is 0. The summed E-state index contributed by atoms with van der Waals surface area (Å²) in [5.41, 5.74) is 15.3. The minimum Gasteiger partial charge on any atom is -1.00 e. The summed E-state index contributed by atoms with van der Waals surface area (Å²) in [5, 5.41) is 0. The van der Waals surface area contributed by atoms with Crippen molar-refractivity contribution in [1.82, 2.24) is 0 Å². The molecule has 0 saturated heterocycles. The molecule has 23 heavy (non-hydrogen) atoms. The fourth-order valence-corrected chi connectivity index (χ4v) is 2.53. The van der Waals surface area contributed by atoms with Crippen molar-refractivity contribution in [3.8, 4) is 22.3 Å². The quantitative estimate of drug-likeness (QED) is 0.642. The normalized spacial score (nSPS) is 9.91. The molecule has 0 spiro atoms. The van der Waals surface area contributed by atoms with Gasteiger partial charge in [-0.25, -0.2) is 4.79 Å². The second kappa shape index (κ2) is 6.94. The Kier molecular flexibility index (Phi) is 4.98. The lowest BCUT2D eigenvalue weighted by molar-refractivity contribution is -0.553. The largest absolute Gasteiger partial charge is 1.00 e. The lowest BCUT2D eigenvalue weighted by Crippen LogP contribution is -3.00. The summed E-state index contributed by atoms with van der Waals surface area (Å²) in [6.45, 7) is 0. The second-order valence-corrected chi connectivity index (χ2v) is 4.93.